The van der Waals surface area contributed by atoms with E-state index in [9.17, 15) is 0 Å². The van der Waals surface area contributed by atoms with Gasteiger partial charge in [0.2, 0.25) is 0 Å². The van der Waals surface area contributed by atoms with Gasteiger partial charge in [-0.1, -0.05) is 41.9 Å². The summed E-state index contributed by atoms with van der Waals surface area (Å²) >= 11 is 6.11. The van der Waals surface area contributed by atoms with Gasteiger partial charge in [-0.15, -0.1) is 0 Å². The van der Waals surface area contributed by atoms with Gasteiger partial charge in [-0.25, -0.2) is 0 Å². The Balaban J connectivity index is 1.14. The zero-order valence-electron chi connectivity index (χ0n) is 16.6. The number of hydrogen-bond acceptors (Lipinski definition) is 4. The van der Waals surface area contributed by atoms with Crippen LogP contribution in [-0.4, -0.2) is 80.1 Å². The van der Waals surface area contributed by atoms with Gasteiger partial charge in [0.25, 0.3) is 0 Å². The molecule has 4 nitrogen and oxygen atoms in total. The van der Waals surface area contributed by atoms with Crippen LogP contribution in [0.5, 0.6) is 0 Å². The molecule has 0 atom stereocenters. The van der Waals surface area contributed by atoms with E-state index in [4.69, 9.17) is 11.6 Å². The third-order valence-electron chi connectivity index (χ3n) is 5.99. The Morgan fingerprint density at radius 2 is 1.25 bits per heavy atom. The fourth-order valence-corrected chi connectivity index (χ4v) is 4.43. The maximum atomic E-state index is 6.11. The predicted molar refractivity (Wildman–Crippen MR) is 118 cm³/mol. The first-order valence-corrected chi connectivity index (χ1v) is 10.9. The number of halogens is 1. The zero-order valence-corrected chi connectivity index (χ0v) is 17.4. The summed E-state index contributed by atoms with van der Waals surface area (Å²) in [6.07, 6.45) is 0. The number of nitrogens with zero attached hydrogens (tertiary/aromatic N) is 4. The van der Waals surface area contributed by atoms with Crippen molar-refractivity contribution in [3.8, 4) is 0 Å². The minimum absolute atomic E-state index is 0.837. The Kier molecular flexibility index (Phi) is 6.86. The monoisotopic (exact) mass is 398 g/mol. The Hall–Kier alpha value is -1.59. The highest BCUT2D eigenvalue weighted by atomic mass is 35.5. The highest BCUT2D eigenvalue weighted by Gasteiger charge is 2.20. The molecule has 0 amide bonds. The van der Waals surface area contributed by atoms with E-state index in [-0.39, 0.29) is 0 Å². The van der Waals surface area contributed by atoms with Crippen LogP contribution in [0.1, 0.15) is 5.56 Å². The second kappa shape index (κ2) is 9.75. The van der Waals surface area contributed by atoms with Crippen LogP contribution in [-0.2, 0) is 6.54 Å². The normalized spacial score (nSPS) is 19.8. The molecule has 0 aromatic heterocycles. The molecule has 0 aliphatic carbocycles. The maximum Gasteiger partial charge on any atom is 0.0409 e. The second-order valence-corrected chi connectivity index (χ2v) is 8.35. The molecule has 0 N–H and O–H groups in total. The molecule has 0 bridgehead atoms. The average molecular weight is 399 g/mol. The van der Waals surface area contributed by atoms with Crippen LogP contribution in [0, 0.1) is 0 Å². The van der Waals surface area contributed by atoms with Gasteiger partial charge < -0.3 is 4.90 Å². The zero-order chi connectivity index (χ0) is 19.2. The first-order chi connectivity index (χ1) is 13.8. The molecule has 2 aliphatic rings. The standard InChI is InChI=1S/C23H31ClN4/c24-22-6-4-5-21(19-22)20-27-13-11-25(12-14-27)9-10-26-15-17-28(18-16-26)23-7-2-1-3-8-23/h1-8,19H,9-18,20H2. The summed E-state index contributed by atoms with van der Waals surface area (Å²) in [6, 6.07) is 19.1. The quantitative estimate of drug-likeness (QED) is 0.740. The molecular formula is C23H31ClN4. The SMILES string of the molecule is Clc1cccc(CN2CCN(CCN3CCN(c4ccccc4)CC3)CC2)c1. The molecule has 4 rings (SSSR count). The summed E-state index contributed by atoms with van der Waals surface area (Å²) in [5, 5.41) is 0.837. The first-order valence-electron chi connectivity index (χ1n) is 10.5. The first kappa shape index (κ1) is 19.7. The van der Waals surface area contributed by atoms with Crippen molar-refractivity contribution >= 4 is 17.3 Å². The fourth-order valence-electron chi connectivity index (χ4n) is 4.22. The van der Waals surface area contributed by atoms with Gasteiger partial charge in [-0.05, 0) is 29.8 Å². The molecule has 2 aromatic carbocycles. The van der Waals surface area contributed by atoms with E-state index in [2.05, 4.69) is 62.1 Å². The minimum atomic E-state index is 0.837. The maximum absolute atomic E-state index is 6.11. The summed E-state index contributed by atoms with van der Waals surface area (Å²) < 4.78 is 0. The van der Waals surface area contributed by atoms with E-state index < -0.39 is 0 Å². The van der Waals surface area contributed by atoms with Crippen molar-refractivity contribution in [3.05, 3.63) is 65.2 Å². The lowest BCUT2D eigenvalue weighted by Crippen LogP contribution is -2.51. The van der Waals surface area contributed by atoms with Gasteiger partial charge in [0.05, 0.1) is 0 Å². The number of piperazine rings is 2. The van der Waals surface area contributed by atoms with Crippen molar-refractivity contribution in [2.45, 2.75) is 6.54 Å². The van der Waals surface area contributed by atoms with Crippen LogP contribution in [0.2, 0.25) is 5.02 Å². The molecule has 28 heavy (non-hydrogen) atoms. The summed E-state index contributed by atoms with van der Waals surface area (Å²) in [4.78, 5) is 10.3. The van der Waals surface area contributed by atoms with Gasteiger partial charge >= 0.3 is 0 Å². The number of benzene rings is 2. The van der Waals surface area contributed by atoms with Crippen molar-refractivity contribution < 1.29 is 0 Å². The molecule has 2 heterocycles. The Bertz CT molecular complexity index is 722. The van der Waals surface area contributed by atoms with Crippen LogP contribution in [0.15, 0.2) is 54.6 Å². The molecule has 0 spiro atoms. The summed E-state index contributed by atoms with van der Waals surface area (Å²) in [6.45, 7) is 12.6. The van der Waals surface area contributed by atoms with Crippen molar-refractivity contribution in [1.29, 1.82) is 0 Å². The molecule has 2 fully saturated rings. The smallest absolute Gasteiger partial charge is 0.0409 e. The second-order valence-electron chi connectivity index (χ2n) is 7.91. The van der Waals surface area contributed by atoms with Crippen molar-refractivity contribution in [2.75, 3.05) is 70.3 Å². The lowest BCUT2D eigenvalue weighted by molar-refractivity contribution is 0.113. The van der Waals surface area contributed by atoms with E-state index in [0.29, 0.717) is 0 Å². The summed E-state index contributed by atoms with van der Waals surface area (Å²) in [5.74, 6) is 0. The highest BCUT2D eigenvalue weighted by molar-refractivity contribution is 6.30. The number of rotatable bonds is 6. The van der Waals surface area contributed by atoms with Gasteiger partial charge in [0.15, 0.2) is 0 Å². The Morgan fingerprint density at radius 3 is 1.89 bits per heavy atom. The molecule has 2 aliphatic heterocycles. The van der Waals surface area contributed by atoms with Crippen LogP contribution in [0.4, 0.5) is 5.69 Å². The molecule has 0 radical (unpaired) electrons. The van der Waals surface area contributed by atoms with Gasteiger partial charge in [0, 0.05) is 82.7 Å². The third kappa shape index (κ3) is 5.48. The molecule has 2 aromatic rings. The average Bonchev–Trinajstić information content (AvgIpc) is 2.74. The predicted octanol–water partition coefficient (Wildman–Crippen LogP) is 3.28. The Labute approximate surface area is 174 Å². The number of para-hydroxylation sites is 1. The topological polar surface area (TPSA) is 13.0 Å². The lowest BCUT2D eigenvalue weighted by Gasteiger charge is -2.39. The van der Waals surface area contributed by atoms with E-state index in [1.165, 1.54) is 50.5 Å². The lowest BCUT2D eigenvalue weighted by atomic mass is 10.2. The van der Waals surface area contributed by atoms with Crippen LogP contribution in [0.3, 0.4) is 0 Å². The van der Waals surface area contributed by atoms with Crippen molar-refractivity contribution in [2.24, 2.45) is 0 Å². The van der Waals surface area contributed by atoms with E-state index >= 15 is 0 Å². The van der Waals surface area contributed by atoms with Crippen LogP contribution >= 0.6 is 11.6 Å². The molecular weight excluding hydrogens is 368 g/mol. The molecule has 2 saturated heterocycles. The highest BCUT2D eigenvalue weighted by Crippen LogP contribution is 2.16. The van der Waals surface area contributed by atoms with Crippen molar-refractivity contribution in [3.63, 3.8) is 0 Å². The van der Waals surface area contributed by atoms with Gasteiger partial charge in [-0.2, -0.15) is 0 Å². The van der Waals surface area contributed by atoms with Gasteiger partial charge in [0.1, 0.15) is 0 Å². The minimum Gasteiger partial charge on any atom is -0.369 e. The number of hydrogen-bond donors (Lipinski definition) is 0. The van der Waals surface area contributed by atoms with Crippen molar-refractivity contribution in [1.82, 2.24) is 14.7 Å². The van der Waals surface area contributed by atoms with Gasteiger partial charge in [-0.3, -0.25) is 14.7 Å². The van der Waals surface area contributed by atoms with E-state index in [0.717, 1.165) is 37.7 Å². The van der Waals surface area contributed by atoms with E-state index in [1.807, 2.05) is 12.1 Å². The molecule has 0 saturated carbocycles. The molecule has 0 unspecified atom stereocenters. The number of anilines is 1. The summed E-state index contributed by atoms with van der Waals surface area (Å²) in [5.41, 5.74) is 2.68. The molecule has 5 heteroatoms. The molecule has 150 valence electrons. The third-order valence-corrected chi connectivity index (χ3v) is 6.22. The van der Waals surface area contributed by atoms with Crippen LogP contribution in [0.25, 0.3) is 0 Å². The van der Waals surface area contributed by atoms with Crippen LogP contribution < -0.4 is 4.90 Å². The van der Waals surface area contributed by atoms with E-state index in [1.54, 1.807) is 0 Å². The summed E-state index contributed by atoms with van der Waals surface area (Å²) in [7, 11) is 0. The Morgan fingerprint density at radius 1 is 0.643 bits per heavy atom. The fraction of sp³-hybridized carbons (Fsp3) is 0.478. The largest absolute Gasteiger partial charge is 0.369 e.